The first-order valence-electron chi connectivity index (χ1n) is 4.02. The number of hydrogen-bond acceptors (Lipinski definition) is 3. The van der Waals surface area contributed by atoms with Crippen LogP contribution in [0.25, 0.3) is 0 Å². The predicted molar refractivity (Wildman–Crippen MR) is 50.7 cm³/mol. The second-order valence-electron chi connectivity index (χ2n) is 3.61. The zero-order valence-corrected chi connectivity index (χ0v) is 8.74. The van der Waals surface area contributed by atoms with E-state index in [1.807, 2.05) is 0 Å². The largest absolute Gasteiger partial charge is 0.385 e. The number of ether oxygens (including phenoxy) is 2. The van der Waals surface area contributed by atoms with Crippen LogP contribution in [0, 0.1) is 0 Å². The van der Waals surface area contributed by atoms with Crippen LogP contribution in [0.1, 0.15) is 20.3 Å². The van der Waals surface area contributed by atoms with Crippen molar-refractivity contribution in [3.63, 3.8) is 0 Å². The molecule has 0 saturated carbocycles. The molecule has 0 spiro atoms. The Kier molecular flexibility index (Phi) is 5.09. The maximum absolute atomic E-state index is 5.48. The summed E-state index contributed by atoms with van der Waals surface area (Å²) in [7, 11) is 1.71. The minimum atomic E-state index is 0. The van der Waals surface area contributed by atoms with Gasteiger partial charge in [-0.3, -0.25) is 5.32 Å². The Morgan fingerprint density at radius 3 is 2.67 bits per heavy atom. The van der Waals surface area contributed by atoms with Gasteiger partial charge in [0, 0.05) is 25.7 Å². The van der Waals surface area contributed by atoms with Gasteiger partial charge >= 0.3 is 0 Å². The Hall–Kier alpha value is 0.170. The van der Waals surface area contributed by atoms with E-state index < -0.39 is 0 Å². The molecule has 1 aliphatic rings. The molecule has 0 bridgehead atoms. The second-order valence-corrected chi connectivity index (χ2v) is 3.61. The van der Waals surface area contributed by atoms with Crippen LogP contribution in [-0.2, 0) is 9.47 Å². The number of nitrogens with one attached hydrogen (secondary N) is 1. The molecule has 1 fully saturated rings. The lowest BCUT2D eigenvalue weighted by Gasteiger charge is -2.16. The predicted octanol–water partition coefficient (Wildman–Crippen LogP) is 1.17. The fraction of sp³-hybridized carbons (Fsp3) is 1.00. The number of rotatable bonds is 3. The molecule has 0 aliphatic carbocycles. The van der Waals surface area contributed by atoms with E-state index in [9.17, 15) is 0 Å². The van der Waals surface area contributed by atoms with Gasteiger partial charge < -0.3 is 9.47 Å². The maximum Gasteiger partial charge on any atom is 0.110 e. The first-order valence-corrected chi connectivity index (χ1v) is 4.02. The van der Waals surface area contributed by atoms with Gasteiger partial charge in [-0.2, -0.15) is 0 Å². The van der Waals surface area contributed by atoms with E-state index in [1.165, 1.54) is 0 Å². The lowest BCUT2D eigenvalue weighted by molar-refractivity contribution is 0.0653. The van der Waals surface area contributed by atoms with Crippen molar-refractivity contribution in [2.75, 3.05) is 20.3 Å². The number of halogens is 1. The third kappa shape index (κ3) is 3.72. The first kappa shape index (κ1) is 12.2. The lowest BCUT2D eigenvalue weighted by atomic mass is 10.1. The van der Waals surface area contributed by atoms with Crippen LogP contribution in [0.2, 0.25) is 0 Å². The van der Waals surface area contributed by atoms with Crippen molar-refractivity contribution in [3.05, 3.63) is 0 Å². The second kappa shape index (κ2) is 5.02. The lowest BCUT2D eigenvalue weighted by Crippen LogP contribution is -2.39. The van der Waals surface area contributed by atoms with Gasteiger partial charge in [0.05, 0.1) is 6.61 Å². The average molecular weight is 196 g/mol. The van der Waals surface area contributed by atoms with Crippen LogP contribution < -0.4 is 5.32 Å². The summed E-state index contributed by atoms with van der Waals surface area (Å²) >= 11 is 0. The van der Waals surface area contributed by atoms with E-state index in [1.54, 1.807) is 7.11 Å². The fourth-order valence-electron chi connectivity index (χ4n) is 1.21. The number of hydrogen-bond donors (Lipinski definition) is 1. The van der Waals surface area contributed by atoms with Gasteiger partial charge in [-0.1, -0.05) is 0 Å². The van der Waals surface area contributed by atoms with Crippen LogP contribution in [0.5, 0.6) is 0 Å². The molecule has 0 aromatic heterocycles. The zero-order valence-electron chi connectivity index (χ0n) is 7.92. The van der Waals surface area contributed by atoms with Gasteiger partial charge in [-0.05, 0) is 13.8 Å². The van der Waals surface area contributed by atoms with Crippen molar-refractivity contribution in [3.8, 4) is 0 Å². The van der Waals surface area contributed by atoms with Crippen LogP contribution >= 0.6 is 12.4 Å². The van der Waals surface area contributed by atoms with E-state index in [0.29, 0.717) is 0 Å². The summed E-state index contributed by atoms with van der Waals surface area (Å²) in [6, 6.07) is 0. The molecule has 4 heteroatoms. The molecule has 0 aromatic carbocycles. The Balaban J connectivity index is 0.00000121. The molecule has 1 atom stereocenters. The molecular weight excluding hydrogens is 178 g/mol. The van der Waals surface area contributed by atoms with Gasteiger partial charge in [0.15, 0.2) is 0 Å². The summed E-state index contributed by atoms with van der Waals surface area (Å²) in [5.74, 6) is 0. The van der Waals surface area contributed by atoms with Crippen LogP contribution in [-0.4, -0.2) is 32.1 Å². The van der Waals surface area contributed by atoms with Crippen molar-refractivity contribution >= 4 is 12.4 Å². The van der Waals surface area contributed by atoms with E-state index in [0.717, 1.165) is 19.6 Å². The van der Waals surface area contributed by atoms with Crippen molar-refractivity contribution in [2.45, 2.75) is 32.0 Å². The van der Waals surface area contributed by atoms with Gasteiger partial charge in [0.2, 0.25) is 0 Å². The first-order chi connectivity index (χ1) is 5.14. The normalized spacial score (nSPS) is 26.8. The Bertz CT molecular complexity index is 130. The van der Waals surface area contributed by atoms with Gasteiger partial charge in [-0.25, -0.2) is 0 Å². The highest BCUT2D eigenvalue weighted by Crippen LogP contribution is 2.15. The molecular formula is C8H18ClNO2. The SMILES string of the molecule is COCCC1NC(C)(C)CO1.Cl. The summed E-state index contributed by atoms with van der Waals surface area (Å²) in [4.78, 5) is 0. The van der Waals surface area contributed by atoms with Crippen LogP contribution in [0.15, 0.2) is 0 Å². The van der Waals surface area contributed by atoms with Crippen molar-refractivity contribution in [2.24, 2.45) is 0 Å². The third-order valence-electron chi connectivity index (χ3n) is 1.78. The molecule has 0 amide bonds. The third-order valence-corrected chi connectivity index (χ3v) is 1.78. The van der Waals surface area contributed by atoms with E-state index in [-0.39, 0.29) is 24.2 Å². The van der Waals surface area contributed by atoms with Crippen molar-refractivity contribution < 1.29 is 9.47 Å². The zero-order chi connectivity index (χ0) is 8.32. The topological polar surface area (TPSA) is 30.5 Å². The quantitative estimate of drug-likeness (QED) is 0.734. The highest BCUT2D eigenvalue weighted by molar-refractivity contribution is 5.85. The Morgan fingerprint density at radius 1 is 1.58 bits per heavy atom. The summed E-state index contributed by atoms with van der Waals surface area (Å²) < 4.78 is 10.4. The summed E-state index contributed by atoms with van der Waals surface area (Å²) in [5.41, 5.74) is 0.137. The molecule has 1 saturated heterocycles. The van der Waals surface area contributed by atoms with Gasteiger partial charge in [0.25, 0.3) is 0 Å². The van der Waals surface area contributed by atoms with Crippen molar-refractivity contribution in [1.82, 2.24) is 5.32 Å². The van der Waals surface area contributed by atoms with Crippen LogP contribution in [0.4, 0.5) is 0 Å². The van der Waals surface area contributed by atoms with E-state index >= 15 is 0 Å². The Labute approximate surface area is 80.2 Å². The monoisotopic (exact) mass is 195 g/mol. The summed E-state index contributed by atoms with van der Waals surface area (Å²) in [6.45, 7) is 5.83. The van der Waals surface area contributed by atoms with E-state index in [4.69, 9.17) is 9.47 Å². The average Bonchev–Trinajstić information content (AvgIpc) is 2.26. The molecule has 12 heavy (non-hydrogen) atoms. The van der Waals surface area contributed by atoms with Gasteiger partial charge in [0.1, 0.15) is 6.23 Å². The molecule has 3 nitrogen and oxygen atoms in total. The Morgan fingerprint density at radius 2 is 2.25 bits per heavy atom. The summed E-state index contributed by atoms with van der Waals surface area (Å²) in [5, 5.41) is 3.36. The summed E-state index contributed by atoms with van der Waals surface area (Å²) in [6.07, 6.45) is 1.12. The highest BCUT2D eigenvalue weighted by atomic mass is 35.5. The molecule has 1 unspecified atom stereocenters. The molecule has 74 valence electrons. The molecule has 1 heterocycles. The minimum absolute atomic E-state index is 0. The minimum Gasteiger partial charge on any atom is -0.385 e. The molecule has 1 aliphatic heterocycles. The molecule has 1 N–H and O–H groups in total. The van der Waals surface area contributed by atoms with E-state index in [2.05, 4.69) is 19.2 Å². The highest BCUT2D eigenvalue weighted by Gasteiger charge is 2.29. The van der Waals surface area contributed by atoms with Gasteiger partial charge in [-0.15, -0.1) is 12.4 Å². The molecule has 0 aromatic rings. The van der Waals surface area contributed by atoms with Crippen molar-refractivity contribution in [1.29, 1.82) is 0 Å². The standard InChI is InChI=1S/C8H17NO2.ClH/c1-8(2)6-11-7(9-8)4-5-10-3;/h7,9H,4-6H2,1-3H3;1H. The molecule has 0 radical (unpaired) electrons. The smallest absolute Gasteiger partial charge is 0.110 e. The number of methoxy groups -OCH3 is 1. The maximum atomic E-state index is 5.48. The fourth-order valence-corrected chi connectivity index (χ4v) is 1.21. The molecule has 1 rings (SSSR count). The van der Waals surface area contributed by atoms with Crippen LogP contribution in [0.3, 0.4) is 0 Å².